The van der Waals surface area contributed by atoms with E-state index in [-0.39, 0.29) is 17.5 Å². The van der Waals surface area contributed by atoms with Crippen LogP contribution in [0.2, 0.25) is 10.0 Å². The molecule has 1 amide bonds. The lowest BCUT2D eigenvalue weighted by molar-refractivity contribution is -0.361. The Morgan fingerprint density at radius 3 is 2.77 bits per heavy atom. The van der Waals surface area contributed by atoms with Gasteiger partial charge in [-0.25, -0.2) is 0 Å². The molecule has 5 atom stereocenters. The van der Waals surface area contributed by atoms with Crippen LogP contribution in [-0.2, 0) is 19.0 Å². The van der Waals surface area contributed by atoms with E-state index in [1.54, 1.807) is 26.0 Å². The van der Waals surface area contributed by atoms with Gasteiger partial charge in [0, 0.05) is 11.9 Å². The lowest BCUT2D eigenvalue weighted by Crippen LogP contribution is -2.69. The fraction of sp³-hybridized carbons (Fsp3) is 0.588. The second-order valence-corrected chi connectivity index (χ2v) is 7.59. The lowest BCUT2D eigenvalue weighted by Gasteiger charge is -2.49. The summed E-state index contributed by atoms with van der Waals surface area (Å²) in [5.74, 6) is -0.877. The number of aliphatic hydroxyl groups excluding tert-OH is 1. The average molecular weight is 406 g/mol. The molecule has 144 valence electrons. The predicted molar refractivity (Wildman–Crippen MR) is 94.3 cm³/mol. The molecule has 7 nitrogen and oxygen atoms in total. The van der Waals surface area contributed by atoms with Crippen LogP contribution in [0.15, 0.2) is 18.2 Å². The third-order valence-electron chi connectivity index (χ3n) is 4.20. The average Bonchev–Trinajstić information content (AvgIpc) is 2.53. The molecule has 0 unspecified atom stereocenters. The van der Waals surface area contributed by atoms with Gasteiger partial charge in [-0.3, -0.25) is 4.79 Å². The summed E-state index contributed by atoms with van der Waals surface area (Å²) in [5, 5.41) is 14.2. The minimum Gasteiger partial charge on any atom is -0.461 e. The monoisotopic (exact) mass is 405 g/mol. The number of hydrogen-bond donors (Lipinski definition) is 2. The number of benzene rings is 1. The van der Waals surface area contributed by atoms with Crippen molar-refractivity contribution in [2.24, 2.45) is 0 Å². The van der Waals surface area contributed by atoms with Crippen molar-refractivity contribution in [3.8, 4) is 5.75 Å². The van der Waals surface area contributed by atoms with Gasteiger partial charge in [-0.2, -0.15) is 0 Å². The zero-order valence-corrected chi connectivity index (χ0v) is 16.1. The maximum atomic E-state index is 11.6. The second-order valence-electron chi connectivity index (χ2n) is 6.75. The molecule has 26 heavy (non-hydrogen) atoms. The Balaban J connectivity index is 1.84. The Labute approximate surface area is 161 Å². The summed E-state index contributed by atoms with van der Waals surface area (Å²) in [6, 6.07) is 3.89. The van der Waals surface area contributed by atoms with Gasteiger partial charge >= 0.3 is 0 Å². The minimum atomic E-state index is -1.06. The molecule has 0 bridgehead atoms. The highest BCUT2D eigenvalue weighted by Crippen LogP contribution is 2.35. The highest BCUT2D eigenvalue weighted by molar-refractivity contribution is 6.35. The van der Waals surface area contributed by atoms with Gasteiger partial charge in [0.15, 0.2) is 5.79 Å². The molecule has 1 aromatic carbocycles. The van der Waals surface area contributed by atoms with Crippen molar-refractivity contribution in [1.29, 1.82) is 0 Å². The highest BCUT2D eigenvalue weighted by Gasteiger charge is 2.52. The first-order valence-electron chi connectivity index (χ1n) is 8.20. The molecule has 2 N–H and O–H groups in total. The van der Waals surface area contributed by atoms with Crippen LogP contribution in [0.3, 0.4) is 0 Å². The summed E-state index contributed by atoms with van der Waals surface area (Å²) >= 11 is 12.0. The zero-order chi connectivity index (χ0) is 19.1. The van der Waals surface area contributed by atoms with Crippen LogP contribution in [0.5, 0.6) is 5.75 Å². The molecule has 0 aromatic heterocycles. The minimum absolute atomic E-state index is 0.218. The first-order valence-corrected chi connectivity index (χ1v) is 8.96. The molecule has 2 fully saturated rings. The van der Waals surface area contributed by atoms with Gasteiger partial charge in [0.2, 0.25) is 12.2 Å². The van der Waals surface area contributed by atoms with Crippen molar-refractivity contribution in [2.45, 2.75) is 57.2 Å². The molecule has 0 saturated carbocycles. The van der Waals surface area contributed by atoms with Gasteiger partial charge in [-0.15, -0.1) is 0 Å². The van der Waals surface area contributed by atoms with Crippen molar-refractivity contribution < 1.29 is 28.8 Å². The number of ether oxygens (including phenoxy) is 4. The van der Waals surface area contributed by atoms with Crippen LogP contribution in [0.1, 0.15) is 20.8 Å². The number of aliphatic hydroxyl groups is 1. The van der Waals surface area contributed by atoms with Crippen molar-refractivity contribution in [2.75, 3.05) is 6.61 Å². The van der Waals surface area contributed by atoms with Crippen molar-refractivity contribution in [1.82, 2.24) is 5.32 Å². The number of carbonyl (C=O) groups is 1. The first-order chi connectivity index (χ1) is 12.2. The van der Waals surface area contributed by atoms with Crippen LogP contribution in [0, 0.1) is 0 Å². The van der Waals surface area contributed by atoms with Gasteiger partial charge in [-0.05, 0) is 32.0 Å². The van der Waals surface area contributed by atoms with Gasteiger partial charge in [0.05, 0.1) is 11.6 Å². The molecular weight excluding hydrogens is 385 g/mol. The highest BCUT2D eigenvalue weighted by atomic mass is 35.5. The number of amides is 1. The standard InChI is InChI=1S/C17H21Cl2NO6/c1-8(21)20-13-14(22)15-12(7-23-17(2,3)26-15)25-16(13)24-11-5-4-9(18)6-10(11)19/h4-6,12-16,22H,7H2,1-3H3,(H,20,21)/t12-,13+,14+,15-,16-/m1/s1. The van der Waals surface area contributed by atoms with Gasteiger partial charge in [0.1, 0.15) is 30.1 Å². The number of nitrogens with one attached hydrogen (secondary N) is 1. The molecule has 3 rings (SSSR count). The number of hydrogen-bond acceptors (Lipinski definition) is 6. The van der Waals surface area contributed by atoms with E-state index in [2.05, 4.69) is 5.32 Å². The van der Waals surface area contributed by atoms with Crippen molar-refractivity contribution in [3.63, 3.8) is 0 Å². The number of carbonyl (C=O) groups excluding carboxylic acids is 1. The Morgan fingerprint density at radius 1 is 1.38 bits per heavy atom. The molecular formula is C17H21Cl2NO6. The Bertz CT molecular complexity index is 685. The van der Waals surface area contributed by atoms with Gasteiger partial charge in [-0.1, -0.05) is 23.2 Å². The van der Waals surface area contributed by atoms with E-state index < -0.39 is 36.4 Å². The quantitative estimate of drug-likeness (QED) is 0.800. The van der Waals surface area contributed by atoms with Crippen LogP contribution in [-0.4, -0.2) is 54.1 Å². The van der Waals surface area contributed by atoms with E-state index in [0.717, 1.165) is 0 Å². The molecule has 2 saturated heterocycles. The second kappa shape index (κ2) is 7.50. The van der Waals surface area contributed by atoms with Crippen LogP contribution in [0.25, 0.3) is 0 Å². The summed E-state index contributed by atoms with van der Waals surface area (Å²) in [6.07, 6.45) is -3.27. The third kappa shape index (κ3) is 4.24. The zero-order valence-electron chi connectivity index (χ0n) is 14.6. The van der Waals surface area contributed by atoms with Crippen molar-refractivity contribution >= 4 is 29.1 Å². The van der Waals surface area contributed by atoms with E-state index >= 15 is 0 Å². The summed E-state index contributed by atoms with van der Waals surface area (Å²) in [4.78, 5) is 11.6. The summed E-state index contributed by atoms with van der Waals surface area (Å²) in [6.45, 7) is 5.06. The maximum absolute atomic E-state index is 11.6. The topological polar surface area (TPSA) is 86.3 Å². The molecule has 2 heterocycles. The Morgan fingerprint density at radius 2 is 2.12 bits per heavy atom. The fourth-order valence-corrected chi connectivity index (χ4v) is 3.48. The smallest absolute Gasteiger partial charge is 0.223 e. The first kappa shape index (κ1) is 19.7. The largest absolute Gasteiger partial charge is 0.461 e. The van der Waals surface area contributed by atoms with Crippen molar-refractivity contribution in [3.05, 3.63) is 28.2 Å². The predicted octanol–water partition coefficient (Wildman–Crippen LogP) is 2.11. The lowest BCUT2D eigenvalue weighted by atomic mass is 9.95. The Kier molecular flexibility index (Phi) is 5.67. The van der Waals surface area contributed by atoms with Gasteiger partial charge < -0.3 is 29.4 Å². The molecule has 0 aliphatic carbocycles. The van der Waals surface area contributed by atoms with Crippen LogP contribution < -0.4 is 10.1 Å². The molecule has 1 aromatic rings. The molecule has 9 heteroatoms. The summed E-state index contributed by atoms with van der Waals surface area (Å²) in [7, 11) is 0. The third-order valence-corrected chi connectivity index (χ3v) is 4.73. The summed E-state index contributed by atoms with van der Waals surface area (Å²) in [5.41, 5.74) is 0. The fourth-order valence-electron chi connectivity index (χ4n) is 3.03. The SMILES string of the molecule is CC(=O)N[C@@H]1[C@H](Oc2ccc(Cl)cc2Cl)O[C@@H]2COC(C)(C)O[C@H]2[C@H]1O. The normalized spacial score (nSPS) is 33.2. The van der Waals surface area contributed by atoms with E-state index in [4.69, 9.17) is 42.1 Å². The van der Waals surface area contributed by atoms with E-state index in [0.29, 0.717) is 10.8 Å². The van der Waals surface area contributed by atoms with Gasteiger partial charge in [0.25, 0.3) is 0 Å². The number of rotatable bonds is 3. The number of halogens is 2. The Hall–Kier alpha value is -1.09. The molecule has 0 radical (unpaired) electrons. The maximum Gasteiger partial charge on any atom is 0.223 e. The van der Waals surface area contributed by atoms with Crippen LogP contribution in [0.4, 0.5) is 0 Å². The molecule has 2 aliphatic rings. The number of fused-ring (bicyclic) bond motifs is 1. The summed E-state index contributed by atoms with van der Waals surface area (Å²) < 4.78 is 23.1. The van der Waals surface area contributed by atoms with E-state index in [9.17, 15) is 9.90 Å². The molecule has 2 aliphatic heterocycles. The van der Waals surface area contributed by atoms with E-state index in [1.165, 1.54) is 13.0 Å². The molecule has 0 spiro atoms. The van der Waals surface area contributed by atoms with E-state index in [1.807, 2.05) is 0 Å². The van der Waals surface area contributed by atoms with Crippen LogP contribution >= 0.6 is 23.2 Å².